The Balaban J connectivity index is 2.65. The zero-order valence-electron chi connectivity index (χ0n) is 7.61. The zero-order chi connectivity index (χ0) is 9.90. The fourth-order valence-electron chi connectivity index (χ4n) is 0.929. The average molecular weight is 200 g/mol. The van der Waals surface area contributed by atoms with Gasteiger partial charge in [-0.25, -0.2) is 13.1 Å². The summed E-state index contributed by atoms with van der Waals surface area (Å²) in [6.07, 6.45) is 4.51. The molecule has 0 saturated carbocycles. The molecule has 0 atom stereocenters. The van der Waals surface area contributed by atoms with E-state index in [4.69, 9.17) is 0 Å². The average Bonchev–Trinajstić information content (AvgIpc) is 2.00. The highest BCUT2D eigenvalue weighted by Crippen LogP contribution is 2.00. The minimum atomic E-state index is -3.11. The molecule has 0 fully saturated rings. The summed E-state index contributed by atoms with van der Waals surface area (Å²) in [6.45, 7) is 2.21. The van der Waals surface area contributed by atoms with Gasteiger partial charge in [0.1, 0.15) is 0 Å². The molecule has 1 aromatic rings. The number of aryl methyl sites for hydroxylation is 1. The molecule has 0 aliphatic rings. The molecule has 1 aromatic heterocycles. The van der Waals surface area contributed by atoms with E-state index in [0.29, 0.717) is 6.54 Å². The first kappa shape index (κ1) is 10.1. The Morgan fingerprint density at radius 2 is 2.15 bits per heavy atom. The zero-order valence-corrected chi connectivity index (χ0v) is 8.43. The third-order valence-electron chi connectivity index (χ3n) is 1.47. The molecular formula is C8H12N2O2S. The summed E-state index contributed by atoms with van der Waals surface area (Å²) in [4.78, 5) is 3.95. The molecule has 0 aliphatic carbocycles. The van der Waals surface area contributed by atoms with Crippen LogP contribution in [0, 0.1) is 6.92 Å². The van der Waals surface area contributed by atoms with E-state index in [1.165, 1.54) is 0 Å². The van der Waals surface area contributed by atoms with Gasteiger partial charge in [0, 0.05) is 18.9 Å². The van der Waals surface area contributed by atoms with Crippen LogP contribution >= 0.6 is 0 Å². The number of pyridine rings is 1. The van der Waals surface area contributed by atoms with E-state index in [-0.39, 0.29) is 0 Å². The van der Waals surface area contributed by atoms with Crippen LogP contribution in [0.1, 0.15) is 11.1 Å². The maximum absolute atomic E-state index is 10.8. The highest BCUT2D eigenvalue weighted by molar-refractivity contribution is 7.88. The fraction of sp³-hybridized carbons (Fsp3) is 0.375. The Kier molecular flexibility index (Phi) is 3.00. The lowest BCUT2D eigenvalue weighted by molar-refractivity contribution is 0.587. The number of sulfonamides is 1. The van der Waals surface area contributed by atoms with Gasteiger partial charge in [0.25, 0.3) is 0 Å². The Morgan fingerprint density at radius 3 is 2.69 bits per heavy atom. The van der Waals surface area contributed by atoms with Crippen LogP contribution in [-0.4, -0.2) is 19.7 Å². The molecule has 72 valence electrons. The number of hydrogen-bond donors (Lipinski definition) is 1. The topological polar surface area (TPSA) is 59.1 Å². The molecule has 0 aliphatic heterocycles. The van der Waals surface area contributed by atoms with Gasteiger partial charge < -0.3 is 0 Å². The van der Waals surface area contributed by atoms with Crippen LogP contribution < -0.4 is 4.72 Å². The van der Waals surface area contributed by atoms with Crippen LogP contribution in [0.25, 0.3) is 0 Å². The van der Waals surface area contributed by atoms with E-state index in [1.807, 2.05) is 13.0 Å². The molecule has 0 spiro atoms. The lowest BCUT2D eigenvalue weighted by atomic mass is 10.2. The lowest BCUT2D eigenvalue weighted by Gasteiger charge is -2.02. The smallest absolute Gasteiger partial charge is 0.209 e. The van der Waals surface area contributed by atoms with Crippen molar-refractivity contribution in [2.45, 2.75) is 13.5 Å². The van der Waals surface area contributed by atoms with Gasteiger partial charge in [-0.3, -0.25) is 4.98 Å². The van der Waals surface area contributed by atoms with Gasteiger partial charge in [-0.05, 0) is 18.1 Å². The summed E-state index contributed by atoms with van der Waals surface area (Å²) in [5, 5.41) is 0. The molecule has 13 heavy (non-hydrogen) atoms. The summed E-state index contributed by atoms with van der Waals surface area (Å²) in [5.41, 5.74) is 1.89. The van der Waals surface area contributed by atoms with Crippen LogP contribution in [0.2, 0.25) is 0 Å². The number of aromatic nitrogens is 1. The van der Waals surface area contributed by atoms with Crippen LogP contribution in [0.15, 0.2) is 18.5 Å². The van der Waals surface area contributed by atoms with Gasteiger partial charge in [-0.1, -0.05) is 6.07 Å². The van der Waals surface area contributed by atoms with Crippen molar-refractivity contribution in [3.8, 4) is 0 Å². The molecule has 1 heterocycles. The van der Waals surface area contributed by atoms with Crippen molar-refractivity contribution in [2.75, 3.05) is 6.26 Å². The van der Waals surface area contributed by atoms with Gasteiger partial charge in [-0.15, -0.1) is 0 Å². The van der Waals surface area contributed by atoms with Crippen LogP contribution in [0.5, 0.6) is 0 Å². The second-order valence-electron chi connectivity index (χ2n) is 2.96. The lowest BCUT2D eigenvalue weighted by Crippen LogP contribution is -2.21. The fourth-order valence-corrected chi connectivity index (χ4v) is 1.36. The third kappa shape index (κ3) is 4.00. The van der Waals surface area contributed by atoms with Crippen molar-refractivity contribution in [1.82, 2.24) is 9.71 Å². The third-order valence-corrected chi connectivity index (χ3v) is 2.14. The maximum atomic E-state index is 10.8. The number of hydrogen-bond acceptors (Lipinski definition) is 3. The van der Waals surface area contributed by atoms with E-state index < -0.39 is 10.0 Å². The quantitative estimate of drug-likeness (QED) is 0.770. The van der Waals surface area contributed by atoms with Gasteiger partial charge in [0.05, 0.1) is 6.26 Å². The second kappa shape index (κ2) is 3.85. The van der Waals surface area contributed by atoms with Crippen molar-refractivity contribution < 1.29 is 8.42 Å². The van der Waals surface area contributed by atoms with Crippen molar-refractivity contribution >= 4 is 10.0 Å². The predicted octanol–water partition coefficient (Wildman–Crippen LogP) is 0.439. The maximum Gasteiger partial charge on any atom is 0.209 e. The molecule has 0 amide bonds. The van der Waals surface area contributed by atoms with Crippen molar-refractivity contribution in [3.63, 3.8) is 0 Å². The molecule has 0 unspecified atom stereocenters. The number of nitrogens with one attached hydrogen (secondary N) is 1. The van der Waals surface area contributed by atoms with E-state index in [9.17, 15) is 8.42 Å². The molecule has 4 nitrogen and oxygen atoms in total. The molecule has 1 N–H and O–H groups in total. The van der Waals surface area contributed by atoms with Crippen molar-refractivity contribution in [3.05, 3.63) is 29.6 Å². The Hall–Kier alpha value is -0.940. The van der Waals surface area contributed by atoms with E-state index in [0.717, 1.165) is 17.4 Å². The summed E-state index contributed by atoms with van der Waals surface area (Å²) >= 11 is 0. The summed E-state index contributed by atoms with van der Waals surface area (Å²) in [6, 6.07) is 1.89. The number of rotatable bonds is 3. The summed E-state index contributed by atoms with van der Waals surface area (Å²) in [5.74, 6) is 0. The SMILES string of the molecule is Cc1cncc(CNS(C)(=O)=O)c1. The molecule has 0 saturated heterocycles. The van der Waals surface area contributed by atoms with Gasteiger partial charge in [-0.2, -0.15) is 0 Å². The van der Waals surface area contributed by atoms with E-state index in [2.05, 4.69) is 9.71 Å². The molecule has 0 aromatic carbocycles. The van der Waals surface area contributed by atoms with Crippen LogP contribution in [-0.2, 0) is 16.6 Å². The highest BCUT2D eigenvalue weighted by Gasteiger charge is 2.00. The molecule has 1 rings (SSSR count). The second-order valence-corrected chi connectivity index (χ2v) is 4.80. The Bertz CT molecular complexity index is 387. The minimum Gasteiger partial charge on any atom is -0.264 e. The van der Waals surface area contributed by atoms with E-state index >= 15 is 0 Å². The summed E-state index contributed by atoms with van der Waals surface area (Å²) < 4.78 is 23.9. The van der Waals surface area contributed by atoms with Crippen LogP contribution in [0.3, 0.4) is 0 Å². The molecule has 5 heteroatoms. The first-order valence-corrected chi connectivity index (χ1v) is 5.72. The van der Waals surface area contributed by atoms with Crippen LogP contribution in [0.4, 0.5) is 0 Å². The normalized spacial score (nSPS) is 11.5. The van der Waals surface area contributed by atoms with E-state index in [1.54, 1.807) is 12.4 Å². The van der Waals surface area contributed by atoms with Gasteiger partial charge in [0.2, 0.25) is 10.0 Å². The standard InChI is InChI=1S/C8H12N2O2S/c1-7-3-8(5-9-4-7)6-10-13(2,11)12/h3-5,10H,6H2,1-2H3. The largest absolute Gasteiger partial charge is 0.264 e. The molecular weight excluding hydrogens is 188 g/mol. The number of nitrogens with zero attached hydrogens (tertiary/aromatic N) is 1. The molecule has 0 radical (unpaired) electrons. The Morgan fingerprint density at radius 1 is 1.46 bits per heavy atom. The van der Waals surface area contributed by atoms with Crippen molar-refractivity contribution in [2.24, 2.45) is 0 Å². The Labute approximate surface area is 78.1 Å². The monoisotopic (exact) mass is 200 g/mol. The first-order chi connectivity index (χ1) is 5.97. The molecule has 0 bridgehead atoms. The summed E-state index contributed by atoms with van der Waals surface area (Å²) in [7, 11) is -3.11. The predicted molar refractivity (Wildman–Crippen MR) is 50.7 cm³/mol. The minimum absolute atomic E-state index is 0.299. The van der Waals surface area contributed by atoms with Gasteiger partial charge >= 0.3 is 0 Å². The highest BCUT2D eigenvalue weighted by atomic mass is 32.2. The first-order valence-electron chi connectivity index (χ1n) is 3.82. The van der Waals surface area contributed by atoms with Gasteiger partial charge in [0.15, 0.2) is 0 Å². The van der Waals surface area contributed by atoms with Crippen molar-refractivity contribution in [1.29, 1.82) is 0 Å².